The van der Waals surface area contributed by atoms with Crippen molar-refractivity contribution >= 4 is 5.69 Å². The lowest BCUT2D eigenvalue weighted by Gasteiger charge is -2.37. The van der Waals surface area contributed by atoms with E-state index >= 15 is 0 Å². The number of aromatic nitrogens is 1. The lowest BCUT2D eigenvalue weighted by atomic mass is 10.3. The van der Waals surface area contributed by atoms with Crippen molar-refractivity contribution in [2.24, 2.45) is 0 Å². The zero-order chi connectivity index (χ0) is 12.2. The summed E-state index contributed by atoms with van der Waals surface area (Å²) < 4.78 is 0. The average molecular weight is 245 g/mol. The van der Waals surface area contributed by atoms with E-state index in [-0.39, 0.29) is 0 Å². The number of nitrogens with one attached hydrogen (secondary N) is 1. The van der Waals surface area contributed by atoms with Crippen LogP contribution in [0.25, 0.3) is 0 Å². The van der Waals surface area contributed by atoms with Crippen LogP contribution in [0.1, 0.15) is 0 Å². The molecule has 1 saturated heterocycles. The Bertz CT molecular complexity index is 397. The molecule has 1 aromatic rings. The monoisotopic (exact) mass is 245 g/mol. The number of hydrazine groups is 1. The van der Waals surface area contributed by atoms with E-state index in [2.05, 4.69) is 49.6 Å². The number of nitrogens with zero attached hydrogens (tertiary/aromatic N) is 4. The van der Waals surface area contributed by atoms with Gasteiger partial charge in [-0.25, -0.2) is 5.43 Å². The molecule has 0 atom stereocenters. The lowest BCUT2D eigenvalue weighted by Crippen LogP contribution is -2.50. The smallest absolute Gasteiger partial charge is 0.0857 e. The van der Waals surface area contributed by atoms with Crippen LogP contribution in [0.3, 0.4) is 0 Å². The Kier molecular flexibility index (Phi) is 3.43. The van der Waals surface area contributed by atoms with Crippen molar-refractivity contribution in [3.8, 4) is 0 Å². The van der Waals surface area contributed by atoms with Crippen LogP contribution in [0.5, 0.6) is 0 Å². The second-order valence-electron chi connectivity index (χ2n) is 4.67. The fraction of sp³-hybridized carbons (Fsp3) is 0.462. The quantitative estimate of drug-likeness (QED) is 0.838. The molecule has 3 heterocycles. The molecule has 3 rings (SSSR count). The zero-order valence-corrected chi connectivity index (χ0v) is 10.5. The first-order chi connectivity index (χ1) is 8.92. The van der Waals surface area contributed by atoms with Crippen LogP contribution in [0.15, 0.2) is 36.8 Å². The summed E-state index contributed by atoms with van der Waals surface area (Å²) in [5.41, 5.74) is 4.59. The first kappa shape index (κ1) is 11.5. The molecule has 5 heteroatoms. The molecule has 0 radical (unpaired) electrons. The SMILES string of the molecule is C1=CN(CN2CCN(c3ccncc3)CC2)NC1. The maximum absolute atomic E-state index is 4.06. The molecule has 0 unspecified atom stereocenters. The molecule has 5 nitrogen and oxygen atoms in total. The molecule has 0 bridgehead atoms. The third kappa shape index (κ3) is 2.63. The first-order valence-corrected chi connectivity index (χ1v) is 6.46. The van der Waals surface area contributed by atoms with Crippen molar-refractivity contribution < 1.29 is 0 Å². The van der Waals surface area contributed by atoms with Gasteiger partial charge in [-0.2, -0.15) is 0 Å². The van der Waals surface area contributed by atoms with Gasteiger partial charge in [-0.15, -0.1) is 0 Å². The molecule has 0 amide bonds. The second-order valence-corrected chi connectivity index (χ2v) is 4.67. The van der Waals surface area contributed by atoms with Crippen LogP contribution in [-0.2, 0) is 0 Å². The first-order valence-electron chi connectivity index (χ1n) is 6.46. The Balaban J connectivity index is 1.50. The van der Waals surface area contributed by atoms with Crippen molar-refractivity contribution in [3.05, 3.63) is 36.8 Å². The van der Waals surface area contributed by atoms with Crippen molar-refractivity contribution in [2.45, 2.75) is 0 Å². The number of piperazine rings is 1. The van der Waals surface area contributed by atoms with Gasteiger partial charge in [0.05, 0.1) is 6.67 Å². The zero-order valence-electron chi connectivity index (χ0n) is 10.5. The molecule has 1 N–H and O–H groups in total. The highest BCUT2D eigenvalue weighted by atomic mass is 15.6. The standard InChI is InChI=1S/C13H19N5/c1-4-15-18(7-1)12-16-8-10-17(11-9-16)13-2-5-14-6-3-13/h1-3,5-7,15H,4,8-12H2. The van der Waals surface area contributed by atoms with Gasteiger partial charge in [0.25, 0.3) is 0 Å². The minimum Gasteiger partial charge on any atom is -0.369 e. The van der Waals surface area contributed by atoms with Crippen LogP contribution in [0.4, 0.5) is 5.69 Å². The van der Waals surface area contributed by atoms with Gasteiger partial charge in [-0.05, 0) is 12.1 Å². The lowest BCUT2D eigenvalue weighted by molar-refractivity contribution is 0.137. The van der Waals surface area contributed by atoms with Crippen molar-refractivity contribution in [3.63, 3.8) is 0 Å². The van der Waals surface area contributed by atoms with Crippen molar-refractivity contribution in [1.29, 1.82) is 0 Å². The predicted octanol–water partition coefficient (Wildman–Crippen LogP) is 0.495. The number of rotatable bonds is 3. The van der Waals surface area contributed by atoms with E-state index in [1.54, 1.807) is 0 Å². The molecule has 1 fully saturated rings. The topological polar surface area (TPSA) is 34.6 Å². The Labute approximate surface area is 108 Å². The van der Waals surface area contributed by atoms with Crippen LogP contribution in [-0.4, -0.2) is 54.3 Å². The fourth-order valence-electron chi connectivity index (χ4n) is 2.42. The largest absolute Gasteiger partial charge is 0.369 e. The van der Waals surface area contributed by atoms with E-state index in [4.69, 9.17) is 0 Å². The van der Waals surface area contributed by atoms with Gasteiger partial charge in [0.15, 0.2) is 0 Å². The van der Waals surface area contributed by atoms with Gasteiger partial charge < -0.3 is 9.91 Å². The Morgan fingerprint density at radius 3 is 2.56 bits per heavy atom. The summed E-state index contributed by atoms with van der Waals surface area (Å²) in [5, 5.41) is 2.15. The summed E-state index contributed by atoms with van der Waals surface area (Å²) in [4.78, 5) is 8.96. The van der Waals surface area contributed by atoms with Crippen LogP contribution in [0, 0.1) is 0 Å². The van der Waals surface area contributed by atoms with Gasteiger partial charge in [0, 0.05) is 57.0 Å². The van der Waals surface area contributed by atoms with E-state index in [0.717, 1.165) is 39.4 Å². The second kappa shape index (κ2) is 5.37. The maximum atomic E-state index is 4.06. The summed E-state index contributed by atoms with van der Waals surface area (Å²) in [5.74, 6) is 0. The van der Waals surface area contributed by atoms with Crippen LogP contribution in [0.2, 0.25) is 0 Å². The minimum absolute atomic E-state index is 0.955. The van der Waals surface area contributed by atoms with Gasteiger partial charge in [-0.1, -0.05) is 6.08 Å². The van der Waals surface area contributed by atoms with Crippen molar-refractivity contribution in [1.82, 2.24) is 20.3 Å². The number of hydrogen-bond donors (Lipinski definition) is 1. The minimum atomic E-state index is 0.955. The van der Waals surface area contributed by atoms with Gasteiger partial charge >= 0.3 is 0 Å². The third-order valence-corrected chi connectivity index (χ3v) is 3.45. The molecule has 0 aromatic carbocycles. The fourth-order valence-corrected chi connectivity index (χ4v) is 2.42. The molecular weight excluding hydrogens is 226 g/mol. The summed E-state index contributed by atoms with van der Waals surface area (Å²) >= 11 is 0. The Morgan fingerprint density at radius 2 is 1.89 bits per heavy atom. The van der Waals surface area contributed by atoms with Gasteiger partial charge in [0.2, 0.25) is 0 Å². The van der Waals surface area contributed by atoms with E-state index in [9.17, 15) is 0 Å². The van der Waals surface area contributed by atoms with Crippen LogP contribution >= 0.6 is 0 Å². The normalized spacial score (nSPS) is 20.7. The van der Waals surface area contributed by atoms with E-state index in [1.807, 2.05) is 12.4 Å². The molecule has 96 valence electrons. The molecular formula is C13H19N5. The highest BCUT2D eigenvalue weighted by molar-refractivity contribution is 5.44. The highest BCUT2D eigenvalue weighted by Crippen LogP contribution is 2.14. The Morgan fingerprint density at radius 1 is 1.11 bits per heavy atom. The molecule has 0 saturated carbocycles. The van der Waals surface area contributed by atoms with E-state index in [1.165, 1.54) is 5.69 Å². The van der Waals surface area contributed by atoms with Crippen LogP contribution < -0.4 is 10.3 Å². The summed E-state index contributed by atoms with van der Waals surface area (Å²) in [6.07, 6.45) is 7.99. The third-order valence-electron chi connectivity index (χ3n) is 3.45. The molecule has 2 aliphatic heterocycles. The van der Waals surface area contributed by atoms with E-state index < -0.39 is 0 Å². The maximum Gasteiger partial charge on any atom is 0.0857 e. The summed E-state index contributed by atoms with van der Waals surface area (Å²) in [6, 6.07) is 4.17. The molecule has 18 heavy (non-hydrogen) atoms. The summed E-state index contributed by atoms with van der Waals surface area (Å²) in [7, 11) is 0. The number of pyridine rings is 1. The Hall–Kier alpha value is -1.59. The van der Waals surface area contributed by atoms with Gasteiger partial charge in [0.1, 0.15) is 0 Å². The highest BCUT2D eigenvalue weighted by Gasteiger charge is 2.18. The average Bonchev–Trinajstić information content (AvgIpc) is 2.94. The van der Waals surface area contributed by atoms with Crippen molar-refractivity contribution in [2.75, 3.05) is 44.3 Å². The molecule has 1 aromatic heterocycles. The molecule has 0 spiro atoms. The predicted molar refractivity (Wildman–Crippen MR) is 71.9 cm³/mol. The number of hydrogen-bond acceptors (Lipinski definition) is 5. The molecule has 2 aliphatic rings. The van der Waals surface area contributed by atoms with E-state index in [0.29, 0.717) is 0 Å². The van der Waals surface area contributed by atoms with Gasteiger partial charge in [-0.3, -0.25) is 9.88 Å². The molecule has 0 aliphatic carbocycles. The summed E-state index contributed by atoms with van der Waals surface area (Å²) in [6.45, 7) is 6.31. The number of anilines is 1.